The number of alkyl halides is 3. The van der Waals surface area contributed by atoms with Crippen LogP contribution in [-0.2, 0) is 4.79 Å². The average molecular weight is 341 g/mol. The van der Waals surface area contributed by atoms with Crippen LogP contribution in [0.2, 0.25) is 0 Å². The van der Waals surface area contributed by atoms with Crippen LogP contribution < -0.4 is 16.0 Å². The summed E-state index contributed by atoms with van der Waals surface area (Å²) in [5.41, 5.74) is 0.678. The lowest BCUT2D eigenvalue weighted by Crippen LogP contribution is -2.39. The molecule has 2 aliphatic heterocycles. The van der Waals surface area contributed by atoms with Crippen molar-refractivity contribution in [2.45, 2.75) is 50.4 Å². The summed E-state index contributed by atoms with van der Waals surface area (Å²) in [6.45, 7) is -1.13. The molecule has 1 aromatic rings. The van der Waals surface area contributed by atoms with Crippen LogP contribution in [0.1, 0.15) is 32.1 Å². The lowest BCUT2D eigenvalue weighted by Gasteiger charge is -2.28. The normalized spacial score (nSPS) is 26.2. The zero-order valence-corrected chi connectivity index (χ0v) is 13.3. The molecule has 0 spiro atoms. The molecule has 2 aliphatic rings. The van der Waals surface area contributed by atoms with E-state index in [9.17, 15) is 18.0 Å². The van der Waals surface area contributed by atoms with Crippen molar-refractivity contribution in [1.82, 2.24) is 5.32 Å². The number of carbonyl (C=O) groups excluding carboxylic acids is 1. The Morgan fingerprint density at radius 1 is 1.12 bits per heavy atom. The van der Waals surface area contributed by atoms with Gasteiger partial charge >= 0.3 is 6.18 Å². The Morgan fingerprint density at radius 3 is 2.38 bits per heavy atom. The molecule has 24 heavy (non-hydrogen) atoms. The summed E-state index contributed by atoms with van der Waals surface area (Å²) in [6, 6.07) is 7.51. The first-order chi connectivity index (χ1) is 11.4. The fourth-order valence-electron chi connectivity index (χ4n) is 3.75. The molecule has 132 valence electrons. The Hall–Kier alpha value is -1.76. The Bertz CT molecular complexity index is 579. The minimum absolute atomic E-state index is 0.137. The summed E-state index contributed by atoms with van der Waals surface area (Å²) < 4.78 is 37.1. The van der Waals surface area contributed by atoms with E-state index in [-0.39, 0.29) is 11.6 Å². The van der Waals surface area contributed by atoms with Gasteiger partial charge in [0, 0.05) is 18.5 Å². The number of fused-ring (bicyclic) bond motifs is 2. The van der Waals surface area contributed by atoms with Crippen molar-refractivity contribution >= 4 is 17.3 Å². The lowest BCUT2D eigenvalue weighted by atomic mass is 9.89. The molecule has 2 heterocycles. The van der Waals surface area contributed by atoms with E-state index in [1.165, 1.54) is 18.9 Å². The summed E-state index contributed by atoms with van der Waals surface area (Å²) in [7, 11) is 0. The lowest BCUT2D eigenvalue weighted by molar-refractivity contribution is -0.117. The van der Waals surface area contributed by atoms with Gasteiger partial charge < -0.3 is 16.0 Å². The van der Waals surface area contributed by atoms with Crippen LogP contribution in [-0.4, -0.2) is 30.7 Å². The number of piperidine rings is 1. The highest BCUT2D eigenvalue weighted by atomic mass is 19.4. The van der Waals surface area contributed by atoms with E-state index in [2.05, 4.69) is 16.0 Å². The second-order valence-corrected chi connectivity index (χ2v) is 6.74. The number of anilines is 2. The van der Waals surface area contributed by atoms with Gasteiger partial charge in [0.2, 0.25) is 5.91 Å². The molecule has 2 unspecified atom stereocenters. The van der Waals surface area contributed by atoms with Crippen LogP contribution in [0.5, 0.6) is 0 Å². The summed E-state index contributed by atoms with van der Waals surface area (Å²) >= 11 is 0. The second kappa shape index (κ2) is 7.01. The van der Waals surface area contributed by atoms with Crippen LogP contribution in [0.4, 0.5) is 24.5 Å². The molecular weight excluding hydrogens is 319 g/mol. The van der Waals surface area contributed by atoms with Crippen molar-refractivity contribution in [2.75, 3.05) is 17.2 Å². The summed E-state index contributed by atoms with van der Waals surface area (Å²) in [6.07, 6.45) is 0.462. The fourth-order valence-corrected chi connectivity index (χ4v) is 3.75. The molecular formula is C17H22F3N3O. The third kappa shape index (κ3) is 4.63. The summed E-state index contributed by atoms with van der Waals surface area (Å²) in [4.78, 5) is 12.3. The van der Waals surface area contributed by atoms with Crippen molar-refractivity contribution in [2.24, 2.45) is 5.92 Å². The summed E-state index contributed by atoms with van der Waals surface area (Å²) in [5.74, 6) is 0.210. The number of rotatable bonds is 5. The molecule has 0 aromatic heterocycles. The third-order valence-corrected chi connectivity index (χ3v) is 4.73. The fraction of sp³-hybridized carbons (Fsp3) is 0.588. The Balaban J connectivity index is 1.56. The molecule has 4 nitrogen and oxygen atoms in total. The van der Waals surface area contributed by atoms with Crippen molar-refractivity contribution in [3.8, 4) is 0 Å². The first-order valence-electron chi connectivity index (χ1n) is 8.34. The number of amides is 1. The van der Waals surface area contributed by atoms with E-state index in [4.69, 9.17) is 0 Å². The third-order valence-electron chi connectivity index (χ3n) is 4.73. The Morgan fingerprint density at radius 2 is 1.75 bits per heavy atom. The topological polar surface area (TPSA) is 53.2 Å². The van der Waals surface area contributed by atoms with Crippen LogP contribution in [0, 0.1) is 5.92 Å². The van der Waals surface area contributed by atoms with Gasteiger partial charge in [-0.1, -0.05) is 12.1 Å². The van der Waals surface area contributed by atoms with Crippen LogP contribution in [0.15, 0.2) is 24.3 Å². The molecule has 0 aliphatic carbocycles. The highest BCUT2D eigenvalue weighted by molar-refractivity contribution is 5.94. The number of hydrogen-bond acceptors (Lipinski definition) is 3. The van der Waals surface area contributed by atoms with Gasteiger partial charge in [0.15, 0.2) is 0 Å². The molecule has 0 radical (unpaired) electrons. The molecule has 0 saturated carbocycles. The van der Waals surface area contributed by atoms with Crippen molar-refractivity contribution in [3.05, 3.63) is 24.3 Å². The minimum Gasteiger partial charge on any atom is -0.375 e. The first-order valence-corrected chi connectivity index (χ1v) is 8.34. The molecule has 3 N–H and O–H groups in total. The van der Waals surface area contributed by atoms with Gasteiger partial charge in [0.25, 0.3) is 0 Å². The van der Waals surface area contributed by atoms with E-state index in [0.717, 1.165) is 12.8 Å². The molecule has 2 saturated heterocycles. The number of para-hydroxylation sites is 2. The molecule has 2 atom stereocenters. The van der Waals surface area contributed by atoms with Crippen molar-refractivity contribution < 1.29 is 18.0 Å². The molecule has 1 amide bonds. The van der Waals surface area contributed by atoms with Gasteiger partial charge in [-0.2, -0.15) is 13.2 Å². The molecule has 3 rings (SSSR count). The van der Waals surface area contributed by atoms with Gasteiger partial charge in [-0.15, -0.1) is 0 Å². The van der Waals surface area contributed by atoms with E-state index < -0.39 is 12.7 Å². The van der Waals surface area contributed by atoms with Gasteiger partial charge in [0.1, 0.15) is 6.54 Å². The van der Waals surface area contributed by atoms with Gasteiger partial charge in [-0.3, -0.25) is 4.79 Å². The maximum Gasteiger partial charge on any atom is 0.405 e. The van der Waals surface area contributed by atoms with Crippen LogP contribution in [0.25, 0.3) is 0 Å². The van der Waals surface area contributed by atoms with Gasteiger partial charge in [-0.05, 0) is 43.7 Å². The van der Waals surface area contributed by atoms with Gasteiger partial charge in [0.05, 0.1) is 11.4 Å². The molecule has 1 aromatic carbocycles. The second-order valence-electron chi connectivity index (χ2n) is 6.74. The first kappa shape index (κ1) is 17.1. The number of nitrogens with one attached hydrogen (secondary N) is 3. The Kier molecular flexibility index (Phi) is 4.99. The highest BCUT2D eigenvalue weighted by Crippen LogP contribution is 2.33. The van der Waals surface area contributed by atoms with E-state index >= 15 is 0 Å². The van der Waals surface area contributed by atoms with Crippen molar-refractivity contribution in [3.63, 3.8) is 0 Å². The average Bonchev–Trinajstić information content (AvgIpc) is 2.84. The van der Waals surface area contributed by atoms with E-state index in [0.29, 0.717) is 30.1 Å². The number of benzene rings is 1. The van der Waals surface area contributed by atoms with E-state index in [1.54, 1.807) is 18.2 Å². The number of halogens is 3. The maximum absolute atomic E-state index is 12.4. The van der Waals surface area contributed by atoms with Gasteiger partial charge in [-0.25, -0.2) is 0 Å². The molecule has 2 bridgehead atoms. The quantitative estimate of drug-likeness (QED) is 0.768. The monoisotopic (exact) mass is 341 g/mol. The predicted molar refractivity (Wildman–Crippen MR) is 86.9 cm³/mol. The maximum atomic E-state index is 12.4. The summed E-state index contributed by atoms with van der Waals surface area (Å²) in [5, 5.41) is 8.63. The number of hydrogen-bond donors (Lipinski definition) is 3. The smallest absolute Gasteiger partial charge is 0.375 e. The van der Waals surface area contributed by atoms with Crippen LogP contribution in [0.3, 0.4) is 0 Å². The SMILES string of the molecule is O=C(CC1CC2CCC(C1)N2)Nc1ccccc1NCC(F)(F)F. The zero-order chi connectivity index (χ0) is 17.2. The highest BCUT2D eigenvalue weighted by Gasteiger charge is 2.34. The minimum atomic E-state index is -4.30. The molecule has 7 heteroatoms. The Labute approximate surface area is 139 Å². The largest absolute Gasteiger partial charge is 0.405 e. The van der Waals surface area contributed by atoms with E-state index in [1.807, 2.05) is 0 Å². The zero-order valence-electron chi connectivity index (χ0n) is 13.3. The van der Waals surface area contributed by atoms with Crippen molar-refractivity contribution in [1.29, 1.82) is 0 Å². The molecule has 2 fully saturated rings. The van der Waals surface area contributed by atoms with Crippen LogP contribution >= 0.6 is 0 Å². The number of carbonyl (C=O) groups is 1. The standard InChI is InChI=1S/C17H22F3N3O/c18-17(19,20)10-21-14-3-1-2-4-15(14)23-16(24)9-11-7-12-5-6-13(8-11)22-12/h1-4,11-13,21-22H,5-10H2,(H,23,24). The predicted octanol–water partition coefficient (Wildman–Crippen LogP) is 3.52.